The molecule has 0 bridgehead atoms. The minimum atomic E-state index is -4.72. The fourth-order valence-electron chi connectivity index (χ4n) is 2.83. The number of aromatic nitrogens is 2. The molecule has 0 fully saturated rings. The minimum Gasteiger partial charge on any atom is -0.435 e. The largest absolute Gasteiger partial charge is 0.446 e. The lowest BCUT2D eigenvalue weighted by Crippen LogP contribution is -2.33. The molecule has 0 aliphatic heterocycles. The number of hydrogen-bond donors (Lipinski definition) is 0. The Morgan fingerprint density at radius 3 is 2.47 bits per heavy atom. The number of halogens is 6. The van der Waals surface area contributed by atoms with Gasteiger partial charge in [-0.1, -0.05) is 6.92 Å². The third-order valence-electron chi connectivity index (χ3n) is 4.42. The highest BCUT2D eigenvalue weighted by molar-refractivity contribution is 8.00. The van der Waals surface area contributed by atoms with Crippen molar-refractivity contribution >= 4 is 44.8 Å². The van der Waals surface area contributed by atoms with Crippen molar-refractivity contribution < 1.29 is 44.0 Å². The van der Waals surface area contributed by atoms with E-state index in [1.807, 2.05) is 0 Å². The number of hydrazone groups is 1. The van der Waals surface area contributed by atoms with Gasteiger partial charge in [-0.2, -0.15) is 31.4 Å². The van der Waals surface area contributed by atoms with Gasteiger partial charge in [-0.05, 0) is 36.0 Å². The second-order valence-electron chi connectivity index (χ2n) is 7.15. The normalized spacial score (nSPS) is 13.0. The first kappa shape index (κ1) is 27.4. The van der Waals surface area contributed by atoms with Crippen LogP contribution in [0.1, 0.15) is 19.4 Å². The summed E-state index contributed by atoms with van der Waals surface area (Å²) in [7, 11) is -3.99. The number of hydrogen-bond acceptors (Lipinski definition) is 8. The summed E-state index contributed by atoms with van der Waals surface area (Å²) in [6, 6.07) is 4.59. The molecule has 0 N–H and O–H groups in total. The average Bonchev–Trinajstić information content (AvgIpc) is 3.17. The van der Waals surface area contributed by atoms with Crippen molar-refractivity contribution in [3.63, 3.8) is 0 Å². The molecule has 3 rings (SSSR count). The second-order valence-corrected chi connectivity index (χ2v) is 10.5. The maximum atomic E-state index is 12.7. The third-order valence-corrected chi connectivity index (χ3v) is 6.89. The van der Waals surface area contributed by atoms with Gasteiger partial charge in [0.25, 0.3) is 0 Å². The molecule has 36 heavy (non-hydrogen) atoms. The summed E-state index contributed by atoms with van der Waals surface area (Å²) in [4.78, 5) is 19.0. The summed E-state index contributed by atoms with van der Waals surface area (Å²) < 4.78 is 107. The topological polar surface area (TPSA) is 106 Å². The van der Waals surface area contributed by atoms with Crippen molar-refractivity contribution in [2.24, 2.45) is 5.10 Å². The summed E-state index contributed by atoms with van der Waals surface area (Å²) in [5.41, 5.74) is -4.73. The van der Waals surface area contributed by atoms with E-state index in [1.165, 1.54) is 13.0 Å². The Balaban J connectivity index is 2.04. The van der Waals surface area contributed by atoms with Crippen molar-refractivity contribution in [2.45, 2.75) is 35.3 Å². The highest BCUT2D eigenvalue weighted by Crippen LogP contribution is 2.38. The number of thioether (sulfide) groups is 1. The number of alkyl halides is 6. The lowest BCUT2D eigenvalue weighted by Gasteiger charge is -2.16. The molecule has 2 aromatic heterocycles. The van der Waals surface area contributed by atoms with E-state index in [1.54, 1.807) is 0 Å². The van der Waals surface area contributed by atoms with Gasteiger partial charge in [0.1, 0.15) is 17.8 Å². The number of rotatable bonds is 7. The standard InChI is InChI=1S/C20H16F6N4O4S2/c1-3-36(32,33)16-6-12(9-28-30(11(2)31)10-19(21,22)23)8-27-17(16)18-29-14-7-13(35-20(24,25)26)4-5-15(14)34-18/h4-9H,3,10H2,1-2H3/b28-9+. The van der Waals surface area contributed by atoms with Crippen molar-refractivity contribution in [1.82, 2.24) is 15.0 Å². The van der Waals surface area contributed by atoms with Gasteiger partial charge in [-0.3, -0.25) is 4.79 Å². The number of carbonyl (C=O) groups excluding carboxylic acids is 1. The predicted molar refractivity (Wildman–Crippen MR) is 118 cm³/mol. The molecule has 3 aromatic rings. The van der Waals surface area contributed by atoms with Crippen molar-refractivity contribution in [1.29, 1.82) is 0 Å². The number of fused-ring (bicyclic) bond motifs is 1. The smallest absolute Gasteiger partial charge is 0.435 e. The molecule has 0 saturated carbocycles. The van der Waals surface area contributed by atoms with Gasteiger partial charge in [0.2, 0.25) is 11.8 Å². The van der Waals surface area contributed by atoms with Crippen LogP contribution in [0.2, 0.25) is 0 Å². The molecule has 0 spiro atoms. The summed E-state index contributed by atoms with van der Waals surface area (Å²) in [5, 5.41) is 3.63. The predicted octanol–water partition coefficient (Wildman–Crippen LogP) is 5.04. The first-order chi connectivity index (χ1) is 16.6. The van der Waals surface area contributed by atoms with Gasteiger partial charge in [0.05, 0.1) is 16.9 Å². The number of oxazole rings is 1. The van der Waals surface area contributed by atoms with Crippen LogP contribution in [-0.2, 0) is 14.6 Å². The summed E-state index contributed by atoms with van der Waals surface area (Å²) in [6.45, 7) is 0.568. The molecule has 0 aliphatic rings. The fraction of sp³-hybridized carbons (Fsp3) is 0.300. The van der Waals surface area contributed by atoms with Crippen LogP contribution >= 0.6 is 11.8 Å². The number of nitrogens with zero attached hydrogens (tertiary/aromatic N) is 4. The fourth-order valence-corrected chi connectivity index (χ4v) is 4.46. The van der Waals surface area contributed by atoms with Crippen LogP contribution < -0.4 is 0 Å². The molecule has 0 radical (unpaired) electrons. The monoisotopic (exact) mass is 554 g/mol. The lowest BCUT2D eigenvalue weighted by molar-refractivity contribution is -0.159. The van der Waals surface area contributed by atoms with E-state index in [-0.39, 0.29) is 55.7 Å². The molecule has 0 aliphatic carbocycles. The molecule has 8 nitrogen and oxygen atoms in total. The van der Waals surface area contributed by atoms with Crippen LogP contribution in [0.15, 0.2) is 49.8 Å². The number of pyridine rings is 1. The molecule has 0 atom stereocenters. The Morgan fingerprint density at radius 2 is 1.89 bits per heavy atom. The zero-order valence-corrected chi connectivity index (χ0v) is 20.0. The lowest BCUT2D eigenvalue weighted by atomic mass is 10.2. The molecule has 0 saturated heterocycles. The quantitative estimate of drug-likeness (QED) is 0.174. The van der Waals surface area contributed by atoms with E-state index in [0.717, 1.165) is 37.5 Å². The van der Waals surface area contributed by atoms with Crippen LogP contribution in [-0.4, -0.2) is 59.5 Å². The molecule has 16 heteroatoms. The first-order valence-corrected chi connectivity index (χ1v) is 12.3. The van der Waals surface area contributed by atoms with Crippen LogP contribution in [0, 0.1) is 0 Å². The van der Waals surface area contributed by atoms with Crippen molar-refractivity contribution in [2.75, 3.05) is 12.3 Å². The Kier molecular flexibility index (Phi) is 7.69. The van der Waals surface area contributed by atoms with Crippen molar-refractivity contribution in [3.05, 3.63) is 36.0 Å². The summed E-state index contributed by atoms with van der Waals surface area (Å²) >= 11 is -0.359. The second kappa shape index (κ2) is 10.1. The average molecular weight is 554 g/mol. The minimum absolute atomic E-state index is 0.0239. The van der Waals surface area contributed by atoms with Gasteiger partial charge < -0.3 is 4.42 Å². The number of sulfone groups is 1. The zero-order chi connectivity index (χ0) is 26.9. The Morgan fingerprint density at radius 1 is 1.19 bits per heavy atom. The SMILES string of the molecule is CCS(=O)(=O)c1cc(/C=N/N(CC(F)(F)F)C(C)=O)cnc1-c1nc2cc(SC(F)(F)F)ccc2o1. The van der Waals surface area contributed by atoms with E-state index in [4.69, 9.17) is 4.42 Å². The van der Waals surface area contributed by atoms with E-state index in [9.17, 15) is 39.6 Å². The van der Waals surface area contributed by atoms with Crippen LogP contribution in [0.5, 0.6) is 0 Å². The molecule has 194 valence electrons. The maximum Gasteiger partial charge on any atom is 0.446 e. The molecule has 1 amide bonds. The summed E-state index contributed by atoms with van der Waals surface area (Å²) in [6.07, 6.45) is -2.81. The molecular weight excluding hydrogens is 538 g/mol. The number of benzene rings is 1. The molecule has 2 heterocycles. The van der Waals surface area contributed by atoms with Gasteiger partial charge in [-0.25, -0.2) is 23.4 Å². The van der Waals surface area contributed by atoms with Crippen LogP contribution in [0.3, 0.4) is 0 Å². The Labute approximate surface area is 204 Å². The summed E-state index contributed by atoms with van der Waals surface area (Å²) in [5.74, 6) is -1.68. The Hall–Kier alpha value is -3.14. The molecular formula is C20H16F6N4O4S2. The van der Waals surface area contributed by atoms with Gasteiger partial charge >= 0.3 is 11.7 Å². The van der Waals surface area contributed by atoms with Gasteiger partial charge in [0.15, 0.2) is 15.4 Å². The number of amides is 1. The van der Waals surface area contributed by atoms with Gasteiger partial charge in [0, 0.05) is 23.6 Å². The van der Waals surface area contributed by atoms with Crippen LogP contribution in [0.25, 0.3) is 22.7 Å². The highest BCUT2D eigenvalue weighted by Gasteiger charge is 2.32. The highest BCUT2D eigenvalue weighted by atomic mass is 32.2. The Bertz CT molecular complexity index is 1420. The first-order valence-electron chi connectivity index (χ1n) is 9.86. The van der Waals surface area contributed by atoms with Crippen LogP contribution in [0.4, 0.5) is 26.3 Å². The van der Waals surface area contributed by atoms with Crippen molar-refractivity contribution in [3.8, 4) is 11.6 Å². The zero-order valence-electron chi connectivity index (χ0n) is 18.4. The van der Waals surface area contributed by atoms with E-state index in [0.29, 0.717) is 0 Å². The number of carbonyl (C=O) groups is 1. The maximum absolute atomic E-state index is 12.7. The molecule has 0 unspecified atom stereocenters. The molecule has 1 aromatic carbocycles. The van der Waals surface area contributed by atoms with Gasteiger partial charge in [-0.15, -0.1) is 0 Å². The third kappa shape index (κ3) is 6.96. The van der Waals surface area contributed by atoms with E-state index < -0.39 is 38.9 Å². The van der Waals surface area contributed by atoms with E-state index in [2.05, 4.69) is 15.1 Å². The van der Waals surface area contributed by atoms with E-state index >= 15 is 0 Å².